The van der Waals surface area contributed by atoms with Gasteiger partial charge < -0.3 is 10.5 Å². The van der Waals surface area contributed by atoms with E-state index in [4.69, 9.17) is 10.5 Å². The van der Waals surface area contributed by atoms with Crippen molar-refractivity contribution in [3.8, 4) is 0 Å². The topological polar surface area (TPSA) is 48.1 Å². The number of ether oxygens (including phenoxy) is 1. The van der Waals surface area contributed by atoms with Crippen LogP contribution in [0.5, 0.6) is 0 Å². The Morgan fingerprint density at radius 2 is 2.29 bits per heavy atom. The Kier molecular flexibility index (Phi) is 2.85. The molecule has 1 aromatic heterocycles. The number of rotatable bonds is 2. The quantitative estimate of drug-likeness (QED) is 0.811. The molecule has 0 saturated carbocycles. The molecule has 0 spiro atoms. The van der Waals surface area contributed by atoms with Gasteiger partial charge in [0.2, 0.25) is 0 Å². The summed E-state index contributed by atoms with van der Waals surface area (Å²) in [7, 11) is 0. The van der Waals surface area contributed by atoms with Crippen LogP contribution in [-0.4, -0.2) is 18.2 Å². The molecule has 0 bridgehead atoms. The van der Waals surface area contributed by atoms with Gasteiger partial charge in [-0.1, -0.05) is 6.92 Å². The summed E-state index contributed by atoms with van der Waals surface area (Å²) in [5.41, 5.74) is 7.14. The lowest BCUT2D eigenvalue weighted by molar-refractivity contribution is 0.0509. The van der Waals surface area contributed by atoms with Gasteiger partial charge in [0.25, 0.3) is 0 Å². The molecule has 4 heteroatoms. The number of hydrogen-bond donors (Lipinski definition) is 1. The molecule has 1 aliphatic heterocycles. The van der Waals surface area contributed by atoms with Gasteiger partial charge in [0.15, 0.2) is 0 Å². The summed E-state index contributed by atoms with van der Waals surface area (Å²) < 4.78 is 5.32. The maximum Gasteiger partial charge on any atom is 0.0926 e. The van der Waals surface area contributed by atoms with Gasteiger partial charge in [0.05, 0.1) is 16.2 Å². The van der Waals surface area contributed by atoms with Gasteiger partial charge in [0, 0.05) is 18.6 Å². The van der Waals surface area contributed by atoms with Crippen molar-refractivity contribution in [3.63, 3.8) is 0 Å². The van der Waals surface area contributed by atoms with Gasteiger partial charge in [-0.25, -0.2) is 4.98 Å². The van der Waals surface area contributed by atoms with Crippen molar-refractivity contribution in [2.45, 2.75) is 31.7 Å². The van der Waals surface area contributed by atoms with Crippen molar-refractivity contribution >= 4 is 11.3 Å². The predicted molar refractivity (Wildman–Crippen MR) is 57.4 cm³/mol. The van der Waals surface area contributed by atoms with Crippen LogP contribution < -0.4 is 5.73 Å². The monoisotopic (exact) mass is 212 g/mol. The predicted octanol–water partition coefficient (Wildman–Crippen LogP) is 1.67. The Morgan fingerprint density at radius 1 is 1.57 bits per heavy atom. The number of nitrogens with zero attached hydrogens (tertiary/aromatic N) is 1. The molecular formula is C10H16N2OS. The van der Waals surface area contributed by atoms with Crippen LogP contribution in [0.1, 0.15) is 30.5 Å². The van der Waals surface area contributed by atoms with Crippen molar-refractivity contribution in [1.29, 1.82) is 0 Å². The molecule has 1 aromatic rings. The number of aromatic nitrogens is 1. The maximum atomic E-state index is 6.31. The Balaban J connectivity index is 2.19. The van der Waals surface area contributed by atoms with Crippen LogP contribution in [0.3, 0.4) is 0 Å². The molecule has 78 valence electrons. The van der Waals surface area contributed by atoms with Crippen LogP contribution in [0.25, 0.3) is 0 Å². The smallest absolute Gasteiger partial charge is 0.0926 e. The van der Waals surface area contributed by atoms with E-state index < -0.39 is 0 Å². The molecule has 3 nitrogen and oxygen atoms in total. The largest absolute Gasteiger partial charge is 0.381 e. The molecule has 0 aromatic carbocycles. The molecule has 14 heavy (non-hydrogen) atoms. The fourth-order valence-electron chi connectivity index (χ4n) is 1.69. The first kappa shape index (κ1) is 10.1. The second-order valence-electron chi connectivity index (χ2n) is 3.75. The van der Waals surface area contributed by atoms with Crippen molar-refractivity contribution in [1.82, 2.24) is 4.98 Å². The normalized spacial score (nSPS) is 21.0. The van der Waals surface area contributed by atoms with Gasteiger partial charge in [-0.3, -0.25) is 0 Å². The zero-order valence-corrected chi connectivity index (χ0v) is 9.27. The third kappa shape index (κ3) is 1.82. The molecule has 1 aliphatic rings. The molecule has 2 N–H and O–H groups in total. The first-order valence-corrected chi connectivity index (χ1v) is 5.94. The first-order valence-electron chi connectivity index (χ1n) is 5.06. The van der Waals surface area contributed by atoms with Crippen molar-refractivity contribution in [2.75, 3.05) is 13.2 Å². The Labute approximate surface area is 88.3 Å². The molecule has 0 aliphatic carbocycles. The van der Waals surface area contributed by atoms with E-state index in [1.807, 2.05) is 0 Å². The molecule has 2 rings (SSSR count). The lowest BCUT2D eigenvalue weighted by Gasteiger charge is -2.31. The standard InChI is InChI=1S/C10H16N2OS/c1-2-9-12-8(7-14-9)10(11)3-5-13-6-4-10/h7H,2-6,11H2,1H3. The highest BCUT2D eigenvalue weighted by Gasteiger charge is 2.32. The Hall–Kier alpha value is -0.450. The molecule has 1 fully saturated rings. The minimum absolute atomic E-state index is 0.234. The Bertz CT molecular complexity index is 305. The average Bonchev–Trinajstić information content (AvgIpc) is 2.67. The van der Waals surface area contributed by atoms with Crippen LogP contribution in [0.4, 0.5) is 0 Å². The van der Waals surface area contributed by atoms with Crippen molar-refractivity contribution in [2.24, 2.45) is 5.73 Å². The second kappa shape index (κ2) is 3.96. The lowest BCUT2D eigenvalue weighted by atomic mass is 9.88. The minimum Gasteiger partial charge on any atom is -0.381 e. The highest BCUT2D eigenvalue weighted by Crippen LogP contribution is 2.30. The van der Waals surface area contributed by atoms with E-state index in [0.717, 1.165) is 38.2 Å². The third-order valence-electron chi connectivity index (χ3n) is 2.75. The molecular weight excluding hydrogens is 196 g/mol. The van der Waals surface area contributed by atoms with Crippen LogP contribution in [0.2, 0.25) is 0 Å². The van der Waals surface area contributed by atoms with E-state index in [1.54, 1.807) is 11.3 Å². The molecule has 0 atom stereocenters. The zero-order valence-electron chi connectivity index (χ0n) is 8.45. The zero-order chi connectivity index (χ0) is 10.0. The van der Waals surface area contributed by atoms with Crippen molar-refractivity contribution in [3.05, 3.63) is 16.1 Å². The van der Waals surface area contributed by atoms with E-state index >= 15 is 0 Å². The average molecular weight is 212 g/mol. The summed E-state index contributed by atoms with van der Waals surface area (Å²) in [6, 6.07) is 0. The van der Waals surface area contributed by atoms with Crippen molar-refractivity contribution < 1.29 is 4.74 Å². The summed E-state index contributed by atoms with van der Waals surface area (Å²) in [4.78, 5) is 4.56. The molecule has 0 radical (unpaired) electrons. The van der Waals surface area contributed by atoms with E-state index in [-0.39, 0.29) is 5.54 Å². The number of nitrogens with two attached hydrogens (primary N) is 1. The van der Waals surface area contributed by atoms with Crippen LogP contribution in [0.15, 0.2) is 5.38 Å². The molecule has 0 unspecified atom stereocenters. The minimum atomic E-state index is -0.234. The van der Waals surface area contributed by atoms with Gasteiger partial charge in [-0.15, -0.1) is 11.3 Å². The summed E-state index contributed by atoms with van der Waals surface area (Å²) >= 11 is 1.71. The third-order valence-corrected chi connectivity index (χ3v) is 3.74. The number of hydrogen-bond acceptors (Lipinski definition) is 4. The summed E-state index contributed by atoms with van der Waals surface area (Å²) in [5, 5.41) is 3.28. The molecule has 1 saturated heterocycles. The SMILES string of the molecule is CCc1nc(C2(N)CCOCC2)cs1. The summed E-state index contributed by atoms with van der Waals surface area (Å²) in [5.74, 6) is 0. The molecule has 2 heterocycles. The van der Waals surface area contributed by atoms with E-state index in [0.29, 0.717) is 0 Å². The fraction of sp³-hybridized carbons (Fsp3) is 0.700. The van der Waals surface area contributed by atoms with Crippen LogP contribution in [-0.2, 0) is 16.7 Å². The summed E-state index contributed by atoms with van der Waals surface area (Å²) in [6.07, 6.45) is 2.77. The van der Waals surface area contributed by atoms with Gasteiger partial charge in [-0.2, -0.15) is 0 Å². The van der Waals surface area contributed by atoms with E-state index in [1.165, 1.54) is 5.01 Å². The first-order chi connectivity index (χ1) is 6.74. The van der Waals surface area contributed by atoms with Gasteiger partial charge >= 0.3 is 0 Å². The van der Waals surface area contributed by atoms with Crippen LogP contribution >= 0.6 is 11.3 Å². The lowest BCUT2D eigenvalue weighted by Crippen LogP contribution is -2.42. The number of thiazole rings is 1. The van der Waals surface area contributed by atoms with Crippen LogP contribution in [0, 0.1) is 0 Å². The van der Waals surface area contributed by atoms with E-state index in [9.17, 15) is 0 Å². The summed E-state index contributed by atoms with van der Waals surface area (Å²) in [6.45, 7) is 3.64. The fourth-order valence-corrected chi connectivity index (χ4v) is 2.55. The Morgan fingerprint density at radius 3 is 2.86 bits per heavy atom. The maximum absolute atomic E-state index is 6.31. The molecule has 0 amide bonds. The van der Waals surface area contributed by atoms with Gasteiger partial charge in [0.1, 0.15) is 0 Å². The van der Waals surface area contributed by atoms with E-state index in [2.05, 4.69) is 17.3 Å². The highest BCUT2D eigenvalue weighted by atomic mass is 32.1. The second-order valence-corrected chi connectivity index (χ2v) is 4.69. The van der Waals surface area contributed by atoms with Gasteiger partial charge in [-0.05, 0) is 19.3 Å². The number of aryl methyl sites for hydroxylation is 1. The highest BCUT2D eigenvalue weighted by molar-refractivity contribution is 7.09.